The van der Waals surface area contributed by atoms with Crippen LogP contribution in [0.5, 0.6) is 5.75 Å². The number of nitrogens with two attached hydrogens (primary N) is 1. The third-order valence-corrected chi connectivity index (χ3v) is 5.90. The van der Waals surface area contributed by atoms with E-state index in [9.17, 15) is 10.5 Å². The Morgan fingerprint density at radius 1 is 1.00 bits per heavy atom. The Morgan fingerprint density at radius 2 is 1.74 bits per heavy atom. The van der Waals surface area contributed by atoms with Crippen molar-refractivity contribution in [3.8, 4) is 29.0 Å². The number of rotatable bonds is 4. The fourth-order valence-electron chi connectivity index (χ4n) is 3.17. The zero-order valence-corrected chi connectivity index (χ0v) is 17.8. The second kappa shape index (κ2) is 8.53. The molecule has 150 valence electrons. The van der Waals surface area contributed by atoms with Crippen LogP contribution in [0.15, 0.2) is 64.5 Å². The number of nitrogens with zero attached hydrogens (tertiary/aromatic N) is 4. The quantitative estimate of drug-likeness (QED) is 0.418. The summed E-state index contributed by atoms with van der Waals surface area (Å²) in [5.74, 6) is 0.676. The molecule has 4 rings (SSSR count). The highest BCUT2D eigenvalue weighted by molar-refractivity contribution is 7.99. The molecule has 0 amide bonds. The number of fused-ring (bicyclic) bond motifs is 1. The molecule has 8 heteroatoms. The minimum absolute atomic E-state index is 0.0248. The van der Waals surface area contributed by atoms with Crippen LogP contribution >= 0.6 is 23.4 Å². The molecule has 0 aliphatic rings. The second-order valence-corrected chi connectivity index (χ2v) is 7.87. The number of aromatic nitrogens is 2. The van der Waals surface area contributed by atoms with E-state index in [1.54, 1.807) is 25.3 Å². The van der Waals surface area contributed by atoms with E-state index < -0.39 is 0 Å². The summed E-state index contributed by atoms with van der Waals surface area (Å²) in [7, 11) is 1.57. The van der Waals surface area contributed by atoms with Gasteiger partial charge >= 0.3 is 0 Å². The van der Waals surface area contributed by atoms with Crippen LogP contribution in [0.3, 0.4) is 0 Å². The first-order chi connectivity index (χ1) is 15.0. The van der Waals surface area contributed by atoms with Crippen LogP contribution in [0.4, 0.5) is 5.82 Å². The number of hydrogen-bond acceptors (Lipinski definition) is 7. The maximum Gasteiger partial charge on any atom is 0.143 e. The molecular formula is C23H14ClN5OS. The highest BCUT2D eigenvalue weighted by atomic mass is 35.5. The molecular weight excluding hydrogens is 430 g/mol. The van der Waals surface area contributed by atoms with Gasteiger partial charge in [0.15, 0.2) is 0 Å². The minimum atomic E-state index is 0.0248. The summed E-state index contributed by atoms with van der Waals surface area (Å²) < 4.78 is 5.29. The third kappa shape index (κ3) is 3.85. The van der Waals surface area contributed by atoms with Gasteiger partial charge in [-0.05, 0) is 36.4 Å². The molecule has 6 nitrogen and oxygen atoms in total. The Bertz CT molecular complexity index is 1390. The summed E-state index contributed by atoms with van der Waals surface area (Å²) in [6.07, 6.45) is 0. The first kappa shape index (κ1) is 20.5. The Hall–Kier alpha value is -3.78. The molecule has 2 aromatic heterocycles. The van der Waals surface area contributed by atoms with Gasteiger partial charge in [0.2, 0.25) is 0 Å². The van der Waals surface area contributed by atoms with Crippen molar-refractivity contribution in [1.82, 2.24) is 9.97 Å². The van der Waals surface area contributed by atoms with E-state index >= 15 is 0 Å². The number of ether oxygens (including phenoxy) is 1. The third-order valence-electron chi connectivity index (χ3n) is 4.62. The van der Waals surface area contributed by atoms with Crippen LogP contribution in [0.25, 0.3) is 22.0 Å². The lowest BCUT2D eigenvalue weighted by atomic mass is 9.97. The minimum Gasteiger partial charge on any atom is -0.497 e. The Kier molecular flexibility index (Phi) is 5.64. The van der Waals surface area contributed by atoms with Crippen molar-refractivity contribution in [2.24, 2.45) is 0 Å². The highest BCUT2D eigenvalue weighted by Gasteiger charge is 2.23. The average Bonchev–Trinajstić information content (AvgIpc) is 2.78. The van der Waals surface area contributed by atoms with Gasteiger partial charge in [-0.15, -0.1) is 0 Å². The van der Waals surface area contributed by atoms with E-state index in [0.29, 0.717) is 27.4 Å². The van der Waals surface area contributed by atoms with E-state index in [-0.39, 0.29) is 22.1 Å². The zero-order chi connectivity index (χ0) is 22.0. The van der Waals surface area contributed by atoms with Gasteiger partial charge in [0.05, 0.1) is 18.2 Å². The van der Waals surface area contributed by atoms with E-state index in [0.717, 1.165) is 10.3 Å². The van der Waals surface area contributed by atoms with Crippen LogP contribution in [0, 0.1) is 22.7 Å². The Balaban J connectivity index is 2.00. The first-order valence-corrected chi connectivity index (χ1v) is 10.3. The maximum absolute atomic E-state index is 10.00. The summed E-state index contributed by atoms with van der Waals surface area (Å²) in [6, 6.07) is 20.9. The van der Waals surface area contributed by atoms with Crippen molar-refractivity contribution in [3.05, 3.63) is 70.9 Å². The number of methoxy groups -OCH3 is 1. The van der Waals surface area contributed by atoms with Gasteiger partial charge in [-0.1, -0.05) is 41.6 Å². The van der Waals surface area contributed by atoms with Crippen molar-refractivity contribution >= 4 is 40.1 Å². The molecule has 0 saturated carbocycles. The predicted octanol–water partition coefficient (Wildman–Crippen LogP) is 5.44. The van der Waals surface area contributed by atoms with Crippen LogP contribution in [0.1, 0.15) is 11.1 Å². The van der Waals surface area contributed by atoms with Gasteiger partial charge < -0.3 is 10.5 Å². The van der Waals surface area contributed by atoms with E-state index in [1.165, 1.54) is 11.8 Å². The monoisotopic (exact) mass is 443 g/mol. The molecule has 0 unspecified atom stereocenters. The Morgan fingerprint density at radius 3 is 2.42 bits per heavy atom. The fraction of sp³-hybridized carbons (Fsp3) is 0.0435. The lowest BCUT2D eigenvalue weighted by molar-refractivity contribution is 0.415. The van der Waals surface area contributed by atoms with Gasteiger partial charge in [0.1, 0.15) is 39.4 Å². The van der Waals surface area contributed by atoms with Gasteiger partial charge in [0, 0.05) is 21.4 Å². The number of hydrogen-bond donors (Lipinski definition) is 1. The topological polar surface area (TPSA) is 109 Å². The summed E-state index contributed by atoms with van der Waals surface area (Å²) in [6.45, 7) is 0. The molecule has 0 aliphatic heterocycles. The summed E-state index contributed by atoms with van der Waals surface area (Å²) in [5, 5.41) is 21.1. The molecule has 4 aromatic rings. The number of halogens is 1. The number of nitriles is 2. The SMILES string of the molecule is COc1ccc2nc(Cl)c(-c3c(C#N)c(N)nc(Sc4ccccc4)c3C#N)cc2c1. The molecule has 0 saturated heterocycles. The molecule has 2 aromatic carbocycles. The van der Waals surface area contributed by atoms with Crippen molar-refractivity contribution in [3.63, 3.8) is 0 Å². The number of nitrogen functional groups attached to an aromatic ring is 1. The summed E-state index contributed by atoms with van der Waals surface area (Å²) >= 11 is 7.80. The highest BCUT2D eigenvalue weighted by Crippen LogP contribution is 2.41. The van der Waals surface area contributed by atoms with Gasteiger partial charge in [-0.25, -0.2) is 9.97 Å². The summed E-state index contributed by atoms with van der Waals surface area (Å²) in [5.41, 5.74) is 7.82. The van der Waals surface area contributed by atoms with Crippen molar-refractivity contribution in [2.75, 3.05) is 12.8 Å². The molecule has 2 N–H and O–H groups in total. The molecule has 2 heterocycles. The van der Waals surface area contributed by atoms with E-state index in [4.69, 9.17) is 22.1 Å². The lowest BCUT2D eigenvalue weighted by Gasteiger charge is -2.14. The van der Waals surface area contributed by atoms with Crippen LogP contribution in [-0.4, -0.2) is 17.1 Å². The number of pyridine rings is 2. The van der Waals surface area contributed by atoms with Crippen LogP contribution in [0.2, 0.25) is 5.15 Å². The van der Waals surface area contributed by atoms with E-state index in [1.807, 2.05) is 36.4 Å². The lowest BCUT2D eigenvalue weighted by Crippen LogP contribution is -2.04. The number of benzene rings is 2. The predicted molar refractivity (Wildman–Crippen MR) is 121 cm³/mol. The zero-order valence-electron chi connectivity index (χ0n) is 16.3. The van der Waals surface area contributed by atoms with Gasteiger partial charge in [-0.3, -0.25) is 0 Å². The Labute approximate surface area is 187 Å². The largest absolute Gasteiger partial charge is 0.497 e. The fourth-order valence-corrected chi connectivity index (χ4v) is 4.33. The first-order valence-electron chi connectivity index (χ1n) is 9.07. The van der Waals surface area contributed by atoms with Gasteiger partial charge in [0.25, 0.3) is 0 Å². The van der Waals surface area contributed by atoms with Crippen LogP contribution in [-0.2, 0) is 0 Å². The molecule has 31 heavy (non-hydrogen) atoms. The van der Waals surface area contributed by atoms with Crippen molar-refractivity contribution < 1.29 is 4.74 Å². The van der Waals surface area contributed by atoms with Crippen molar-refractivity contribution in [1.29, 1.82) is 10.5 Å². The molecule has 0 bridgehead atoms. The molecule has 0 aliphatic carbocycles. The second-order valence-electron chi connectivity index (χ2n) is 6.45. The van der Waals surface area contributed by atoms with Gasteiger partial charge in [-0.2, -0.15) is 10.5 Å². The molecule has 0 radical (unpaired) electrons. The van der Waals surface area contributed by atoms with E-state index in [2.05, 4.69) is 22.1 Å². The smallest absolute Gasteiger partial charge is 0.143 e. The molecule has 0 atom stereocenters. The molecule has 0 fully saturated rings. The van der Waals surface area contributed by atoms with Crippen molar-refractivity contribution in [2.45, 2.75) is 9.92 Å². The number of anilines is 1. The normalized spacial score (nSPS) is 10.5. The average molecular weight is 444 g/mol. The standard InChI is InChI=1S/C23H14ClN5OS/c1-30-14-7-8-19-13(9-14)10-16(21(24)28-19)20-17(11-25)22(27)29-23(18(20)12-26)31-15-5-3-2-4-6-15/h2-10H,1H3,(H2,27,29). The summed E-state index contributed by atoms with van der Waals surface area (Å²) in [4.78, 5) is 9.66. The molecule has 0 spiro atoms. The maximum atomic E-state index is 10.00. The van der Waals surface area contributed by atoms with Crippen LogP contribution < -0.4 is 10.5 Å².